The molecule has 0 aliphatic rings. The van der Waals surface area contributed by atoms with E-state index in [1.165, 1.54) is 9.40 Å². The molecule has 0 bridgehead atoms. The van der Waals surface area contributed by atoms with Crippen molar-refractivity contribution in [1.29, 1.82) is 0 Å². The lowest BCUT2D eigenvalue weighted by Gasteiger charge is -2.02. The number of aromatic nitrogens is 2. The summed E-state index contributed by atoms with van der Waals surface area (Å²) in [5.41, 5.74) is 1.28. The maximum absolute atomic E-state index is 6.53. The number of para-hydroxylation sites is 2. The van der Waals surface area contributed by atoms with E-state index < -0.39 is 5.68 Å². The molecule has 4 rings (SSSR count). The van der Waals surface area contributed by atoms with Gasteiger partial charge in [-0.2, -0.15) is 0 Å². The molecule has 0 saturated heterocycles. The van der Waals surface area contributed by atoms with Crippen molar-refractivity contribution in [2.24, 2.45) is 0 Å². The Kier molecular flexibility index (Phi) is 4.58. The molecule has 2 nitrogen and oxygen atoms in total. The van der Waals surface area contributed by atoms with Gasteiger partial charge in [0.05, 0.1) is 20.4 Å². The van der Waals surface area contributed by atoms with E-state index in [-0.39, 0.29) is 0 Å². The Bertz CT molecular complexity index is 797. The number of nitrogens with zero attached hydrogens (tertiary/aromatic N) is 2. The monoisotopic (exact) mass is 398 g/mol. The lowest BCUT2D eigenvalue weighted by molar-refractivity contribution is 1.31. The lowest BCUT2D eigenvalue weighted by Crippen LogP contribution is -1.67. The molecule has 0 unspecified atom stereocenters. The van der Waals surface area contributed by atoms with Crippen LogP contribution in [0, 0.1) is 0 Å². The number of hydrogen-bond donors (Lipinski definition) is 0. The van der Waals surface area contributed by atoms with Crippen LogP contribution in [0.2, 0.25) is 0 Å². The maximum Gasteiger partial charge on any atom is 0.157 e. The van der Waals surface area contributed by atoms with Gasteiger partial charge in [-0.1, -0.05) is 35.5 Å². The number of fused-ring (bicyclic) bond motifs is 2. The molecule has 0 aliphatic carbocycles. The smallest absolute Gasteiger partial charge is 0.157 e. The zero-order valence-electron chi connectivity index (χ0n) is 11.0. The molecule has 4 aromatic rings. The van der Waals surface area contributed by atoms with Crippen LogP contribution in [0.3, 0.4) is 0 Å². The van der Waals surface area contributed by atoms with Crippen LogP contribution < -0.4 is 0 Å². The van der Waals surface area contributed by atoms with Crippen molar-refractivity contribution in [2.75, 3.05) is 0 Å². The van der Waals surface area contributed by atoms with Gasteiger partial charge in [0, 0.05) is 0 Å². The summed E-state index contributed by atoms with van der Waals surface area (Å²) in [4.78, 5) is 9.24. The molecule has 22 heavy (non-hydrogen) atoms. The fourth-order valence-corrected chi connectivity index (χ4v) is 12.2. The van der Waals surface area contributed by atoms with E-state index in [9.17, 15) is 0 Å². The molecule has 8 heteroatoms. The van der Waals surface area contributed by atoms with Crippen molar-refractivity contribution in [3.8, 4) is 0 Å². The topological polar surface area (TPSA) is 25.8 Å². The van der Waals surface area contributed by atoms with E-state index in [0.717, 1.165) is 19.7 Å². The second kappa shape index (κ2) is 6.63. The molecule has 2 aromatic heterocycles. The van der Waals surface area contributed by atoms with Gasteiger partial charge in [-0.25, -0.2) is 9.97 Å². The first-order valence-electron chi connectivity index (χ1n) is 6.31. The Morgan fingerprint density at radius 2 is 1.23 bits per heavy atom. The van der Waals surface area contributed by atoms with E-state index in [2.05, 4.69) is 22.1 Å². The summed E-state index contributed by atoms with van der Waals surface area (Å²) in [5, 5.41) is 0. The van der Waals surface area contributed by atoms with Gasteiger partial charge in [0.15, 0.2) is 8.68 Å². The number of thiazole rings is 2. The Morgan fingerprint density at radius 3 is 1.68 bits per heavy atom. The van der Waals surface area contributed by atoms with Crippen molar-refractivity contribution < 1.29 is 0 Å². The average Bonchev–Trinajstić information content (AvgIpc) is 3.08. The van der Waals surface area contributed by atoms with Crippen LogP contribution in [-0.2, 0) is 0 Å². The van der Waals surface area contributed by atoms with Crippen molar-refractivity contribution in [3.63, 3.8) is 0 Å². The Balaban J connectivity index is 1.50. The van der Waals surface area contributed by atoms with Gasteiger partial charge in [-0.05, 0) is 47.0 Å². The largest absolute Gasteiger partial charge is 0.229 e. The van der Waals surface area contributed by atoms with Crippen LogP contribution in [-0.4, -0.2) is 9.97 Å². The number of benzene rings is 2. The second-order valence-corrected chi connectivity index (χ2v) is 14.6. The summed E-state index contributed by atoms with van der Waals surface area (Å²) in [6.07, 6.45) is 0. The Labute approximate surface area is 149 Å². The van der Waals surface area contributed by atoms with Gasteiger partial charge in [0.2, 0.25) is 0 Å². The van der Waals surface area contributed by atoms with E-state index in [1.54, 1.807) is 45.4 Å². The second-order valence-electron chi connectivity index (χ2n) is 4.29. The normalized spacial score (nSPS) is 11.7. The molecular formula is C14H8ClN2PS4. The Hall–Kier alpha value is -0.360. The summed E-state index contributed by atoms with van der Waals surface area (Å²) in [6, 6.07) is 16.3. The van der Waals surface area contributed by atoms with E-state index >= 15 is 0 Å². The average molecular weight is 399 g/mol. The molecule has 2 aromatic carbocycles. The first kappa shape index (κ1) is 15.2. The molecule has 0 fully saturated rings. The van der Waals surface area contributed by atoms with Crippen LogP contribution in [0.15, 0.2) is 57.2 Å². The van der Waals surface area contributed by atoms with Crippen LogP contribution in [0.5, 0.6) is 0 Å². The Morgan fingerprint density at radius 1 is 0.773 bits per heavy atom. The summed E-state index contributed by atoms with van der Waals surface area (Å²) >= 11 is 13.2. The predicted octanol–water partition coefficient (Wildman–Crippen LogP) is 7.26. The van der Waals surface area contributed by atoms with Gasteiger partial charge in [0.1, 0.15) is 5.68 Å². The van der Waals surface area contributed by atoms with Gasteiger partial charge < -0.3 is 0 Å². The minimum absolute atomic E-state index is 0.805. The first-order chi connectivity index (χ1) is 10.8. The zero-order chi connectivity index (χ0) is 14.9. The highest BCUT2D eigenvalue weighted by Gasteiger charge is 2.15. The van der Waals surface area contributed by atoms with Crippen LogP contribution >= 0.6 is 62.4 Å². The standard InChI is InChI=1S/C14H8ClN2PS4/c15-18(21-13-16-9-5-1-3-7-11(9)19-13)22-14-17-10-6-2-4-8-12(10)20-14/h1-8H. The van der Waals surface area contributed by atoms with Crippen LogP contribution in [0.25, 0.3) is 20.4 Å². The molecule has 0 amide bonds. The molecule has 0 aliphatic heterocycles. The van der Waals surface area contributed by atoms with Crippen molar-refractivity contribution in [2.45, 2.75) is 8.68 Å². The highest BCUT2D eigenvalue weighted by molar-refractivity contribution is 8.94. The summed E-state index contributed by atoms with van der Waals surface area (Å²) in [6.45, 7) is 0. The summed E-state index contributed by atoms with van der Waals surface area (Å²) in [5.74, 6) is 0. The molecular weight excluding hydrogens is 391 g/mol. The van der Waals surface area contributed by atoms with Gasteiger partial charge in [0.25, 0.3) is 0 Å². The van der Waals surface area contributed by atoms with Crippen molar-refractivity contribution in [1.82, 2.24) is 9.97 Å². The third kappa shape index (κ3) is 3.28. The van der Waals surface area contributed by atoms with Gasteiger partial charge in [-0.3, -0.25) is 0 Å². The van der Waals surface area contributed by atoms with E-state index in [0.29, 0.717) is 0 Å². The van der Waals surface area contributed by atoms with Crippen molar-refractivity contribution in [3.05, 3.63) is 48.5 Å². The highest BCUT2D eigenvalue weighted by Crippen LogP contribution is 2.70. The first-order valence-corrected chi connectivity index (χ1v) is 13.0. The number of hydrogen-bond acceptors (Lipinski definition) is 6. The van der Waals surface area contributed by atoms with E-state index in [4.69, 9.17) is 11.2 Å². The summed E-state index contributed by atoms with van der Waals surface area (Å²) in [7, 11) is 0. The van der Waals surface area contributed by atoms with Gasteiger partial charge in [-0.15, -0.1) is 22.7 Å². The molecule has 2 heterocycles. The third-order valence-electron chi connectivity index (χ3n) is 2.85. The third-order valence-corrected chi connectivity index (χ3v) is 11.5. The van der Waals surface area contributed by atoms with Crippen LogP contribution in [0.1, 0.15) is 0 Å². The van der Waals surface area contributed by atoms with Gasteiger partial charge >= 0.3 is 0 Å². The minimum atomic E-state index is -0.805. The zero-order valence-corrected chi connectivity index (χ0v) is 15.9. The molecule has 110 valence electrons. The molecule has 0 spiro atoms. The molecule has 0 N–H and O–H groups in total. The number of halogens is 1. The van der Waals surface area contributed by atoms with E-state index in [1.807, 2.05) is 36.4 Å². The minimum Gasteiger partial charge on any atom is -0.229 e. The number of rotatable bonds is 4. The fourth-order valence-electron chi connectivity index (χ4n) is 1.92. The van der Waals surface area contributed by atoms with Crippen LogP contribution in [0.4, 0.5) is 0 Å². The quantitative estimate of drug-likeness (QED) is 0.338. The molecule has 0 atom stereocenters. The predicted molar refractivity (Wildman–Crippen MR) is 104 cm³/mol. The lowest BCUT2D eigenvalue weighted by atomic mass is 10.3. The maximum atomic E-state index is 6.53. The molecule has 0 saturated carbocycles. The molecule has 0 radical (unpaired) electrons. The highest BCUT2D eigenvalue weighted by atomic mass is 35.7. The summed E-state index contributed by atoms with van der Waals surface area (Å²) < 4.78 is 4.46. The van der Waals surface area contributed by atoms with Crippen molar-refractivity contribution >= 4 is 82.8 Å². The fraction of sp³-hybridized carbons (Fsp3) is 0. The SMILES string of the molecule is ClP(Sc1nc2ccccc2s1)Sc1nc2ccccc2s1.